The molecular formula is C28H34N6O3. The lowest BCUT2D eigenvalue weighted by atomic mass is 10.0. The van der Waals surface area contributed by atoms with Crippen LogP contribution in [0.5, 0.6) is 0 Å². The molecule has 0 bridgehead atoms. The summed E-state index contributed by atoms with van der Waals surface area (Å²) in [6.07, 6.45) is 2.60. The van der Waals surface area contributed by atoms with E-state index in [4.69, 9.17) is 10.5 Å². The number of nitrogen functional groups attached to an aromatic ring is 1. The lowest BCUT2D eigenvalue weighted by Crippen LogP contribution is -2.47. The van der Waals surface area contributed by atoms with Crippen LogP contribution in [0.15, 0.2) is 60.9 Å². The van der Waals surface area contributed by atoms with E-state index in [-0.39, 0.29) is 29.3 Å². The molecule has 1 aliphatic heterocycles. The topological polar surface area (TPSA) is 114 Å². The third-order valence-corrected chi connectivity index (χ3v) is 6.18. The van der Waals surface area contributed by atoms with Gasteiger partial charge in [-0.3, -0.25) is 4.79 Å². The summed E-state index contributed by atoms with van der Waals surface area (Å²) in [5, 5.41) is 3.33. The third-order valence-electron chi connectivity index (χ3n) is 6.18. The van der Waals surface area contributed by atoms with Crippen LogP contribution in [0.3, 0.4) is 0 Å². The fourth-order valence-electron chi connectivity index (χ4n) is 4.29. The molecule has 0 radical (unpaired) electrons. The van der Waals surface area contributed by atoms with Gasteiger partial charge in [-0.2, -0.15) is 0 Å². The number of para-hydroxylation sites is 1. The molecule has 0 spiro atoms. The van der Waals surface area contributed by atoms with E-state index < -0.39 is 5.60 Å². The Kier molecular flexibility index (Phi) is 7.61. The zero-order chi connectivity index (χ0) is 26.6. The van der Waals surface area contributed by atoms with Crippen LogP contribution >= 0.6 is 0 Å². The summed E-state index contributed by atoms with van der Waals surface area (Å²) in [5.74, 6) is 0.195. The van der Waals surface area contributed by atoms with Crippen molar-refractivity contribution in [3.05, 3.63) is 72.1 Å². The van der Waals surface area contributed by atoms with Gasteiger partial charge in [-0.25, -0.2) is 14.8 Å². The van der Waals surface area contributed by atoms with E-state index in [1.165, 1.54) is 6.33 Å². The van der Waals surface area contributed by atoms with Crippen molar-refractivity contribution in [3.8, 4) is 0 Å². The minimum absolute atomic E-state index is 0.104. The van der Waals surface area contributed by atoms with Crippen molar-refractivity contribution in [2.75, 3.05) is 36.1 Å². The average Bonchev–Trinajstić information content (AvgIpc) is 2.88. The van der Waals surface area contributed by atoms with Crippen LogP contribution in [-0.2, 0) is 4.74 Å². The molecule has 2 aromatic carbocycles. The zero-order valence-electron chi connectivity index (χ0n) is 21.8. The largest absolute Gasteiger partial charge is 0.444 e. The number of nitrogens with two attached hydrogens (primary N) is 1. The molecular weight excluding hydrogens is 468 g/mol. The Morgan fingerprint density at radius 3 is 2.41 bits per heavy atom. The van der Waals surface area contributed by atoms with E-state index in [1.54, 1.807) is 17.0 Å². The Balaban J connectivity index is 1.50. The quantitative estimate of drug-likeness (QED) is 0.459. The van der Waals surface area contributed by atoms with E-state index in [0.717, 1.165) is 24.2 Å². The molecule has 1 fully saturated rings. The molecule has 1 aliphatic rings. The van der Waals surface area contributed by atoms with Crippen LogP contribution < -0.4 is 16.0 Å². The highest BCUT2D eigenvalue weighted by Gasteiger charge is 2.29. The Bertz CT molecular complexity index is 1240. The van der Waals surface area contributed by atoms with Crippen molar-refractivity contribution < 1.29 is 14.3 Å². The number of piperidine rings is 1. The first kappa shape index (κ1) is 25.9. The zero-order valence-corrected chi connectivity index (χ0v) is 21.8. The van der Waals surface area contributed by atoms with Crippen LogP contribution in [0.25, 0.3) is 0 Å². The number of carbonyl (C=O) groups is 2. The van der Waals surface area contributed by atoms with Crippen LogP contribution in [0.1, 0.15) is 49.5 Å². The molecule has 0 saturated carbocycles. The number of anilines is 4. The molecule has 1 atom stereocenters. The number of hydrogen-bond acceptors (Lipinski definition) is 8. The normalized spacial score (nSPS) is 15.7. The first-order valence-electron chi connectivity index (χ1n) is 12.4. The molecule has 9 nitrogen and oxygen atoms in total. The molecule has 37 heavy (non-hydrogen) atoms. The van der Waals surface area contributed by atoms with E-state index in [2.05, 4.69) is 15.3 Å². The predicted octanol–water partition coefficient (Wildman–Crippen LogP) is 4.87. The van der Waals surface area contributed by atoms with Gasteiger partial charge in [-0.15, -0.1) is 0 Å². The smallest absolute Gasteiger partial charge is 0.410 e. The Labute approximate surface area is 217 Å². The number of nitrogens with zero attached hydrogens (tertiary/aromatic N) is 4. The van der Waals surface area contributed by atoms with Gasteiger partial charge in [0, 0.05) is 43.1 Å². The summed E-state index contributed by atoms with van der Waals surface area (Å²) in [6.45, 7) is 6.59. The fraction of sp³-hybridized carbons (Fsp3) is 0.357. The van der Waals surface area contributed by atoms with Gasteiger partial charge in [-0.05, 0) is 70.0 Å². The molecule has 3 aromatic rings. The average molecular weight is 503 g/mol. The summed E-state index contributed by atoms with van der Waals surface area (Å²) in [5.41, 5.74) is 8.29. The molecule has 3 N–H and O–H groups in total. The summed E-state index contributed by atoms with van der Waals surface area (Å²) >= 11 is 0. The van der Waals surface area contributed by atoms with Crippen molar-refractivity contribution >= 4 is 34.9 Å². The number of aromatic nitrogens is 2. The molecule has 1 unspecified atom stereocenters. The van der Waals surface area contributed by atoms with Gasteiger partial charge < -0.3 is 25.6 Å². The van der Waals surface area contributed by atoms with Gasteiger partial charge in [0.15, 0.2) is 5.78 Å². The van der Waals surface area contributed by atoms with Gasteiger partial charge >= 0.3 is 6.09 Å². The predicted molar refractivity (Wildman–Crippen MR) is 145 cm³/mol. The number of nitrogens with one attached hydrogen (secondary N) is 1. The van der Waals surface area contributed by atoms with Crippen LogP contribution in [0, 0.1) is 0 Å². The van der Waals surface area contributed by atoms with Gasteiger partial charge in [0.2, 0.25) is 0 Å². The maximum absolute atomic E-state index is 13.5. The second-order valence-corrected chi connectivity index (χ2v) is 10.2. The minimum atomic E-state index is -0.566. The van der Waals surface area contributed by atoms with E-state index >= 15 is 0 Å². The second-order valence-electron chi connectivity index (χ2n) is 10.2. The number of amides is 1. The van der Waals surface area contributed by atoms with E-state index in [9.17, 15) is 9.59 Å². The fourth-order valence-corrected chi connectivity index (χ4v) is 4.29. The maximum atomic E-state index is 13.5. The molecule has 0 aliphatic carbocycles. The number of likely N-dealkylation sites (tertiary alicyclic amines) is 1. The highest BCUT2D eigenvalue weighted by atomic mass is 16.6. The second kappa shape index (κ2) is 10.9. The first-order chi connectivity index (χ1) is 17.6. The van der Waals surface area contributed by atoms with E-state index in [0.29, 0.717) is 24.5 Å². The van der Waals surface area contributed by atoms with Gasteiger partial charge in [0.1, 0.15) is 29.1 Å². The van der Waals surface area contributed by atoms with Gasteiger partial charge in [0.05, 0.1) is 0 Å². The number of ether oxygens (including phenoxy) is 1. The molecule has 1 aromatic heterocycles. The highest BCUT2D eigenvalue weighted by Crippen LogP contribution is 2.27. The number of benzene rings is 2. The van der Waals surface area contributed by atoms with E-state index in [1.807, 2.05) is 75.2 Å². The van der Waals surface area contributed by atoms with Crippen molar-refractivity contribution in [1.82, 2.24) is 14.9 Å². The molecule has 2 heterocycles. The van der Waals surface area contributed by atoms with Crippen molar-refractivity contribution in [2.45, 2.75) is 45.3 Å². The van der Waals surface area contributed by atoms with Crippen molar-refractivity contribution in [1.29, 1.82) is 0 Å². The molecule has 1 amide bonds. The lowest BCUT2D eigenvalue weighted by Gasteiger charge is -2.34. The molecule has 194 valence electrons. The maximum Gasteiger partial charge on any atom is 0.410 e. The number of carbonyl (C=O) groups excluding carboxylic acids is 2. The Morgan fingerprint density at radius 1 is 1.05 bits per heavy atom. The summed E-state index contributed by atoms with van der Waals surface area (Å²) in [4.78, 5) is 38.2. The minimum Gasteiger partial charge on any atom is -0.444 e. The standard InChI is InChI=1S/C28H34N6O3/c1-28(2,3)37-27(36)34-16-8-9-20(17-34)32-26-23(25(29)30-18-31-26)24(35)19-12-14-22(15-13-19)33(4)21-10-6-5-7-11-21/h5-7,10-15,18,20H,8-9,16-17H2,1-4H3,(H3,29,30,31,32). The molecule has 4 rings (SSSR count). The van der Waals surface area contributed by atoms with Crippen LogP contribution in [0.4, 0.5) is 27.8 Å². The number of rotatable bonds is 6. The lowest BCUT2D eigenvalue weighted by molar-refractivity contribution is 0.0206. The van der Waals surface area contributed by atoms with Gasteiger partial charge in [0.25, 0.3) is 0 Å². The number of hydrogen-bond donors (Lipinski definition) is 2. The highest BCUT2D eigenvalue weighted by molar-refractivity contribution is 6.14. The Hall–Kier alpha value is -4.14. The Morgan fingerprint density at radius 2 is 1.73 bits per heavy atom. The molecule has 1 saturated heterocycles. The van der Waals surface area contributed by atoms with Gasteiger partial charge in [-0.1, -0.05) is 18.2 Å². The summed E-state index contributed by atoms with van der Waals surface area (Å²) < 4.78 is 5.53. The first-order valence-corrected chi connectivity index (χ1v) is 12.4. The number of ketones is 1. The van der Waals surface area contributed by atoms with Crippen molar-refractivity contribution in [2.24, 2.45) is 0 Å². The van der Waals surface area contributed by atoms with Crippen LogP contribution in [0.2, 0.25) is 0 Å². The van der Waals surface area contributed by atoms with Crippen molar-refractivity contribution in [3.63, 3.8) is 0 Å². The summed E-state index contributed by atoms with van der Waals surface area (Å²) in [7, 11) is 1.97. The monoisotopic (exact) mass is 502 g/mol. The van der Waals surface area contributed by atoms with Crippen LogP contribution in [-0.4, -0.2) is 58.5 Å². The SMILES string of the molecule is CN(c1ccccc1)c1ccc(C(=O)c2c(N)ncnc2NC2CCCN(C(=O)OC(C)(C)C)C2)cc1. The third kappa shape index (κ3) is 6.35. The summed E-state index contributed by atoms with van der Waals surface area (Å²) in [6, 6.07) is 17.2. The molecule has 9 heteroatoms.